The maximum atomic E-state index is 5.49. The van der Waals surface area contributed by atoms with E-state index in [0.717, 1.165) is 22.9 Å². The first kappa shape index (κ1) is 11.5. The Morgan fingerprint density at radius 3 is 2.63 bits per heavy atom. The topological polar surface area (TPSA) is 68.8 Å². The van der Waals surface area contributed by atoms with E-state index < -0.39 is 0 Å². The molecule has 0 radical (unpaired) electrons. The molecule has 0 spiro atoms. The Kier molecular flexibility index (Phi) is 2.97. The van der Waals surface area contributed by atoms with Crippen molar-refractivity contribution in [2.45, 2.75) is 13.5 Å². The minimum Gasteiger partial charge on any atom is -0.465 e. The highest BCUT2D eigenvalue weighted by Gasteiger charge is 2.00. The quantitative estimate of drug-likeness (QED) is 0.773. The minimum atomic E-state index is 0.665. The first-order valence-electron chi connectivity index (χ1n) is 5.94. The lowest BCUT2D eigenvalue weighted by molar-refractivity contribution is 0.490. The number of hydrogen-bond acceptors (Lipinski definition) is 5. The normalized spacial score (nSPS) is 10.6. The Hall–Kier alpha value is -2.63. The number of tetrazole rings is 1. The molecule has 3 aromatic rings. The molecule has 19 heavy (non-hydrogen) atoms. The van der Waals surface area contributed by atoms with Crippen LogP contribution in [-0.4, -0.2) is 20.2 Å². The van der Waals surface area contributed by atoms with Gasteiger partial charge in [0.05, 0.1) is 12.2 Å². The third kappa shape index (κ3) is 2.62. The average molecular weight is 255 g/mol. The first-order valence-corrected chi connectivity index (χ1v) is 5.94. The SMILES string of the molecule is Cc1ccc(CNc2ccc(-n3cnnn3)cc2)o1. The van der Waals surface area contributed by atoms with Gasteiger partial charge in [0.1, 0.15) is 17.8 Å². The summed E-state index contributed by atoms with van der Waals surface area (Å²) in [6.45, 7) is 2.60. The van der Waals surface area contributed by atoms with Crippen LogP contribution in [0, 0.1) is 6.92 Å². The molecule has 6 nitrogen and oxygen atoms in total. The number of nitrogens with one attached hydrogen (secondary N) is 1. The molecule has 0 bridgehead atoms. The van der Waals surface area contributed by atoms with Crippen LogP contribution in [0.4, 0.5) is 5.69 Å². The number of aryl methyl sites for hydroxylation is 1. The number of furan rings is 1. The minimum absolute atomic E-state index is 0.665. The third-order valence-corrected chi connectivity index (χ3v) is 2.74. The molecule has 2 aromatic heterocycles. The van der Waals surface area contributed by atoms with E-state index >= 15 is 0 Å². The van der Waals surface area contributed by atoms with Gasteiger partial charge >= 0.3 is 0 Å². The molecule has 0 fully saturated rings. The molecule has 0 aliphatic heterocycles. The number of hydrogen-bond donors (Lipinski definition) is 1. The summed E-state index contributed by atoms with van der Waals surface area (Å²) in [7, 11) is 0. The summed E-state index contributed by atoms with van der Waals surface area (Å²) in [5.41, 5.74) is 1.94. The summed E-state index contributed by atoms with van der Waals surface area (Å²) in [5, 5.41) is 14.3. The zero-order valence-corrected chi connectivity index (χ0v) is 10.4. The molecule has 3 rings (SSSR count). The van der Waals surface area contributed by atoms with Gasteiger partial charge in [-0.15, -0.1) is 5.10 Å². The summed E-state index contributed by atoms with van der Waals surface area (Å²) in [4.78, 5) is 0. The lowest BCUT2D eigenvalue weighted by atomic mass is 10.3. The van der Waals surface area contributed by atoms with Crippen molar-refractivity contribution >= 4 is 5.69 Å². The van der Waals surface area contributed by atoms with Crippen LogP contribution in [0.3, 0.4) is 0 Å². The van der Waals surface area contributed by atoms with Crippen LogP contribution in [0.5, 0.6) is 0 Å². The fraction of sp³-hybridized carbons (Fsp3) is 0.154. The molecule has 0 saturated heterocycles. The van der Waals surface area contributed by atoms with Crippen molar-refractivity contribution in [2.24, 2.45) is 0 Å². The van der Waals surface area contributed by atoms with Crippen LogP contribution in [0.15, 0.2) is 47.1 Å². The Labute approximate surface area is 110 Å². The summed E-state index contributed by atoms with van der Waals surface area (Å²) >= 11 is 0. The number of nitrogens with zero attached hydrogens (tertiary/aromatic N) is 4. The van der Waals surface area contributed by atoms with Gasteiger partial charge in [-0.25, -0.2) is 4.68 Å². The van der Waals surface area contributed by atoms with Crippen LogP contribution in [0.2, 0.25) is 0 Å². The van der Waals surface area contributed by atoms with Crippen molar-refractivity contribution in [3.05, 3.63) is 54.2 Å². The van der Waals surface area contributed by atoms with Gasteiger partial charge in [-0.05, 0) is 53.7 Å². The Morgan fingerprint density at radius 2 is 2.00 bits per heavy atom. The monoisotopic (exact) mass is 255 g/mol. The maximum absolute atomic E-state index is 5.49. The highest BCUT2D eigenvalue weighted by Crippen LogP contribution is 2.14. The zero-order chi connectivity index (χ0) is 13.1. The number of benzene rings is 1. The van der Waals surface area contributed by atoms with Gasteiger partial charge in [0, 0.05) is 5.69 Å². The zero-order valence-electron chi connectivity index (χ0n) is 10.4. The van der Waals surface area contributed by atoms with E-state index in [1.165, 1.54) is 0 Å². The highest BCUT2D eigenvalue weighted by molar-refractivity contribution is 5.48. The van der Waals surface area contributed by atoms with E-state index in [9.17, 15) is 0 Å². The second-order valence-corrected chi connectivity index (χ2v) is 4.17. The molecule has 96 valence electrons. The molecule has 1 aromatic carbocycles. The van der Waals surface area contributed by atoms with Gasteiger partial charge in [0.15, 0.2) is 0 Å². The first-order chi connectivity index (χ1) is 9.31. The molecular formula is C13H13N5O. The molecule has 6 heteroatoms. The number of anilines is 1. The van der Waals surface area contributed by atoms with E-state index in [4.69, 9.17) is 4.42 Å². The van der Waals surface area contributed by atoms with Gasteiger partial charge in [0.25, 0.3) is 0 Å². The molecule has 0 saturated carbocycles. The van der Waals surface area contributed by atoms with Gasteiger partial charge in [0.2, 0.25) is 0 Å². The van der Waals surface area contributed by atoms with Gasteiger partial charge in [-0.1, -0.05) is 0 Å². The summed E-state index contributed by atoms with van der Waals surface area (Å²) < 4.78 is 7.11. The predicted molar refractivity (Wildman–Crippen MR) is 69.9 cm³/mol. The van der Waals surface area contributed by atoms with E-state index in [0.29, 0.717) is 6.54 Å². The van der Waals surface area contributed by atoms with E-state index in [1.807, 2.05) is 43.3 Å². The molecule has 0 atom stereocenters. The molecular weight excluding hydrogens is 242 g/mol. The lowest BCUT2D eigenvalue weighted by Gasteiger charge is -2.05. The van der Waals surface area contributed by atoms with Crippen LogP contribution in [-0.2, 0) is 6.54 Å². The van der Waals surface area contributed by atoms with Gasteiger partial charge < -0.3 is 9.73 Å². The Balaban J connectivity index is 1.66. The predicted octanol–water partition coefficient (Wildman–Crippen LogP) is 2.18. The molecule has 0 unspecified atom stereocenters. The van der Waals surface area contributed by atoms with E-state index in [-0.39, 0.29) is 0 Å². The lowest BCUT2D eigenvalue weighted by Crippen LogP contribution is -1.99. The molecule has 2 heterocycles. The Morgan fingerprint density at radius 1 is 1.16 bits per heavy atom. The second-order valence-electron chi connectivity index (χ2n) is 4.17. The van der Waals surface area contributed by atoms with E-state index in [1.54, 1.807) is 11.0 Å². The van der Waals surface area contributed by atoms with E-state index in [2.05, 4.69) is 20.8 Å². The van der Waals surface area contributed by atoms with Crippen molar-refractivity contribution in [3.8, 4) is 5.69 Å². The van der Waals surface area contributed by atoms with Crippen molar-refractivity contribution in [1.82, 2.24) is 20.2 Å². The second kappa shape index (κ2) is 4.93. The van der Waals surface area contributed by atoms with Crippen molar-refractivity contribution < 1.29 is 4.42 Å². The van der Waals surface area contributed by atoms with Crippen LogP contribution in [0.1, 0.15) is 11.5 Å². The van der Waals surface area contributed by atoms with Gasteiger partial charge in [-0.2, -0.15) is 0 Å². The maximum Gasteiger partial charge on any atom is 0.143 e. The van der Waals surface area contributed by atoms with Crippen LogP contribution < -0.4 is 5.32 Å². The van der Waals surface area contributed by atoms with Crippen molar-refractivity contribution in [3.63, 3.8) is 0 Å². The Bertz CT molecular complexity index is 642. The number of aromatic nitrogens is 4. The van der Waals surface area contributed by atoms with Crippen molar-refractivity contribution in [2.75, 3.05) is 5.32 Å². The molecule has 0 aliphatic rings. The average Bonchev–Trinajstić information content (AvgIpc) is 3.08. The van der Waals surface area contributed by atoms with Gasteiger partial charge in [-0.3, -0.25) is 0 Å². The smallest absolute Gasteiger partial charge is 0.143 e. The highest BCUT2D eigenvalue weighted by atomic mass is 16.3. The standard InChI is InChI=1S/C13H13N5O/c1-10-2-7-13(19-10)8-14-11-3-5-12(6-4-11)18-9-15-16-17-18/h2-7,9,14H,8H2,1H3. The molecule has 1 N–H and O–H groups in total. The van der Waals surface area contributed by atoms with Crippen molar-refractivity contribution in [1.29, 1.82) is 0 Å². The number of rotatable bonds is 4. The summed E-state index contributed by atoms with van der Waals surface area (Å²) in [6, 6.07) is 11.8. The third-order valence-electron chi connectivity index (χ3n) is 2.74. The fourth-order valence-electron chi connectivity index (χ4n) is 1.78. The van der Waals surface area contributed by atoms with Crippen LogP contribution in [0.25, 0.3) is 5.69 Å². The summed E-state index contributed by atoms with van der Waals surface area (Å²) in [5.74, 6) is 1.84. The van der Waals surface area contributed by atoms with Crippen LogP contribution >= 0.6 is 0 Å². The molecule has 0 aliphatic carbocycles. The molecule has 0 amide bonds. The largest absolute Gasteiger partial charge is 0.465 e. The summed E-state index contributed by atoms with van der Waals surface area (Å²) in [6.07, 6.45) is 1.56. The fourth-order valence-corrected chi connectivity index (χ4v) is 1.78.